The number of hydrogen-bond donors (Lipinski definition) is 3. The first-order valence-corrected chi connectivity index (χ1v) is 8.45. The van der Waals surface area contributed by atoms with Gasteiger partial charge in [-0.3, -0.25) is 10.3 Å². The van der Waals surface area contributed by atoms with Crippen molar-refractivity contribution >= 4 is 17.6 Å². The van der Waals surface area contributed by atoms with E-state index in [-0.39, 0.29) is 0 Å². The van der Waals surface area contributed by atoms with Crippen molar-refractivity contribution in [2.75, 3.05) is 17.2 Å². The van der Waals surface area contributed by atoms with E-state index in [2.05, 4.69) is 56.8 Å². The van der Waals surface area contributed by atoms with Gasteiger partial charge in [-0.25, -0.2) is 9.97 Å². The van der Waals surface area contributed by atoms with Gasteiger partial charge in [0.05, 0.1) is 0 Å². The lowest BCUT2D eigenvalue weighted by molar-refractivity contribution is 0.742. The molecule has 0 amide bonds. The molecule has 2 heterocycles. The van der Waals surface area contributed by atoms with Crippen LogP contribution in [0.1, 0.15) is 34.9 Å². The molecule has 1 aromatic carbocycles. The number of nitrogens with zero attached hydrogens (tertiary/aromatic N) is 3. The lowest BCUT2D eigenvalue weighted by Gasteiger charge is -2.22. The Morgan fingerprint density at radius 1 is 1.24 bits per heavy atom. The van der Waals surface area contributed by atoms with Crippen molar-refractivity contribution in [2.45, 2.75) is 33.1 Å². The molecule has 130 valence electrons. The van der Waals surface area contributed by atoms with Gasteiger partial charge in [-0.1, -0.05) is 24.3 Å². The predicted molar refractivity (Wildman–Crippen MR) is 103 cm³/mol. The van der Waals surface area contributed by atoms with Gasteiger partial charge in [0.2, 0.25) is 5.95 Å². The molecule has 3 rings (SSSR count). The lowest BCUT2D eigenvalue weighted by atomic mass is 9.90. The van der Waals surface area contributed by atoms with E-state index in [1.54, 1.807) is 0 Å². The molecule has 0 aliphatic carbocycles. The molecule has 1 aromatic heterocycles. The quantitative estimate of drug-likeness (QED) is 0.589. The summed E-state index contributed by atoms with van der Waals surface area (Å²) in [5.41, 5.74) is 11.5. The smallest absolute Gasteiger partial charge is 0.229 e. The first-order valence-electron chi connectivity index (χ1n) is 8.45. The fourth-order valence-corrected chi connectivity index (χ4v) is 3.06. The number of aliphatic imine (C=N–C) groups is 1. The average molecular weight is 336 g/mol. The Balaban J connectivity index is 1.62. The number of rotatable bonds is 4. The summed E-state index contributed by atoms with van der Waals surface area (Å²) in [4.78, 5) is 13.0. The minimum absolute atomic E-state index is 0.338. The van der Waals surface area contributed by atoms with Gasteiger partial charge in [-0.05, 0) is 50.6 Å². The molecule has 1 aliphatic rings. The third-order valence-corrected chi connectivity index (χ3v) is 4.21. The summed E-state index contributed by atoms with van der Waals surface area (Å²) in [5.74, 6) is 1.17. The van der Waals surface area contributed by atoms with Crippen LogP contribution in [0.3, 0.4) is 0 Å². The Kier molecular flexibility index (Phi) is 4.97. The number of aryl methyl sites for hydroxylation is 3. The van der Waals surface area contributed by atoms with Crippen molar-refractivity contribution in [3.8, 4) is 0 Å². The lowest BCUT2D eigenvalue weighted by Crippen LogP contribution is -2.24. The van der Waals surface area contributed by atoms with E-state index in [1.807, 2.05) is 26.1 Å². The molecule has 2 aromatic rings. The highest BCUT2D eigenvalue weighted by Gasteiger charge is 2.16. The Hall–Kier alpha value is -2.89. The second-order valence-electron chi connectivity index (χ2n) is 6.30. The summed E-state index contributed by atoms with van der Waals surface area (Å²) >= 11 is 0. The largest absolute Gasteiger partial charge is 0.370 e. The molecule has 0 saturated carbocycles. The van der Waals surface area contributed by atoms with Gasteiger partial charge in [0, 0.05) is 29.5 Å². The number of anilines is 2. The highest BCUT2D eigenvalue weighted by Crippen LogP contribution is 2.33. The second-order valence-corrected chi connectivity index (χ2v) is 6.30. The molecule has 0 fully saturated rings. The van der Waals surface area contributed by atoms with Crippen molar-refractivity contribution in [3.63, 3.8) is 0 Å². The SMILES string of the molecule is Cc1cc(C)nc(NC(N)=NCCC2C=CNc3c(C)cccc32)n1. The zero-order valence-corrected chi connectivity index (χ0v) is 14.9. The maximum absolute atomic E-state index is 5.97. The van der Waals surface area contributed by atoms with Crippen LogP contribution in [0.15, 0.2) is 41.5 Å². The van der Waals surface area contributed by atoms with Gasteiger partial charge in [0.1, 0.15) is 0 Å². The highest BCUT2D eigenvalue weighted by atomic mass is 15.2. The summed E-state index contributed by atoms with van der Waals surface area (Å²) in [5, 5.41) is 6.30. The van der Waals surface area contributed by atoms with Crippen molar-refractivity contribution in [2.24, 2.45) is 10.7 Å². The van der Waals surface area contributed by atoms with Crippen molar-refractivity contribution in [3.05, 3.63) is 59.1 Å². The standard InChI is InChI=1S/C19H24N6/c1-12-5-4-6-16-15(7-9-21-17(12)16)8-10-22-18(20)25-19-23-13(2)11-14(3)24-19/h4-7,9,11,15,21H,8,10H2,1-3H3,(H3,20,22,23,24,25). The third kappa shape index (κ3) is 4.15. The number of nitrogens with one attached hydrogen (secondary N) is 2. The van der Waals surface area contributed by atoms with Gasteiger partial charge >= 0.3 is 0 Å². The summed E-state index contributed by atoms with van der Waals surface area (Å²) in [6.45, 7) is 6.60. The van der Waals surface area contributed by atoms with Gasteiger partial charge < -0.3 is 11.1 Å². The number of nitrogens with two attached hydrogens (primary N) is 1. The van der Waals surface area contributed by atoms with Crippen LogP contribution in [0.5, 0.6) is 0 Å². The van der Waals surface area contributed by atoms with Crippen LogP contribution in [-0.4, -0.2) is 22.5 Å². The van der Waals surface area contributed by atoms with Gasteiger partial charge in [-0.2, -0.15) is 0 Å². The summed E-state index contributed by atoms with van der Waals surface area (Å²) in [6.07, 6.45) is 5.08. The van der Waals surface area contributed by atoms with Crippen LogP contribution in [0.2, 0.25) is 0 Å². The molecule has 0 bridgehead atoms. The van der Waals surface area contributed by atoms with Crippen LogP contribution in [-0.2, 0) is 0 Å². The van der Waals surface area contributed by atoms with Gasteiger partial charge in [0.15, 0.2) is 5.96 Å². The fraction of sp³-hybridized carbons (Fsp3) is 0.316. The van der Waals surface area contributed by atoms with Crippen LogP contribution in [0.4, 0.5) is 11.6 Å². The number of para-hydroxylation sites is 1. The molecule has 1 atom stereocenters. The van der Waals surface area contributed by atoms with E-state index >= 15 is 0 Å². The number of allylic oxidation sites excluding steroid dienone is 1. The van der Waals surface area contributed by atoms with Crippen molar-refractivity contribution < 1.29 is 0 Å². The maximum Gasteiger partial charge on any atom is 0.229 e. The zero-order valence-electron chi connectivity index (χ0n) is 14.9. The Morgan fingerprint density at radius 3 is 2.76 bits per heavy atom. The Labute approximate surface area is 148 Å². The number of hydrogen-bond acceptors (Lipinski definition) is 4. The molecule has 1 aliphatic heterocycles. The van der Waals surface area contributed by atoms with Gasteiger partial charge in [0.25, 0.3) is 0 Å². The van der Waals surface area contributed by atoms with E-state index in [4.69, 9.17) is 5.73 Å². The van der Waals surface area contributed by atoms with Crippen LogP contribution in [0.25, 0.3) is 0 Å². The zero-order chi connectivity index (χ0) is 17.8. The molecular weight excluding hydrogens is 312 g/mol. The Morgan fingerprint density at radius 2 is 2.00 bits per heavy atom. The first kappa shape index (κ1) is 17.0. The monoisotopic (exact) mass is 336 g/mol. The average Bonchev–Trinajstić information content (AvgIpc) is 2.54. The van der Waals surface area contributed by atoms with E-state index < -0.39 is 0 Å². The minimum Gasteiger partial charge on any atom is -0.370 e. The molecule has 0 spiro atoms. The molecule has 4 N–H and O–H groups in total. The molecule has 25 heavy (non-hydrogen) atoms. The Bertz CT molecular complexity index is 804. The maximum atomic E-state index is 5.97. The molecule has 0 radical (unpaired) electrons. The molecule has 1 unspecified atom stereocenters. The van der Waals surface area contributed by atoms with Gasteiger partial charge in [-0.15, -0.1) is 0 Å². The number of fused-ring (bicyclic) bond motifs is 1. The minimum atomic E-state index is 0.338. The second kappa shape index (κ2) is 7.34. The van der Waals surface area contributed by atoms with E-state index in [0.29, 0.717) is 24.4 Å². The molecule has 6 nitrogen and oxygen atoms in total. The number of guanidine groups is 1. The predicted octanol–water partition coefficient (Wildman–Crippen LogP) is 3.24. The fourth-order valence-electron chi connectivity index (χ4n) is 3.06. The van der Waals surface area contributed by atoms with Crippen LogP contribution < -0.4 is 16.4 Å². The van der Waals surface area contributed by atoms with Crippen molar-refractivity contribution in [1.29, 1.82) is 0 Å². The first-order chi connectivity index (χ1) is 12.0. The van der Waals surface area contributed by atoms with Crippen molar-refractivity contribution in [1.82, 2.24) is 9.97 Å². The molecular formula is C19H24N6. The summed E-state index contributed by atoms with van der Waals surface area (Å²) in [6, 6.07) is 8.30. The third-order valence-electron chi connectivity index (χ3n) is 4.21. The van der Waals surface area contributed by atoms with Crippen LogP contribution in [0, 0.1) is 20.8 Å². The van der Waals surface area contributed by atoms with E-state index in [1.165, 1.54) is 16.8 Å². The van der Waals surface area contributed by atoms with E-state index in [0.717, 1.165) is 17.8 Å². The normalized spacial score (nSPS) is 16.3. The topological polar surface area (TPSA) is 88.2 Å². The van der Waals surface area contributed by atoms with Crippen LogP contribution >= 0.6 is 0 Å². The van der Waals surface area contributed by atoms with E-state index in [9.17, 15) is 0 Å². The summed E-state index contributed by atoms with van der Waals surface area (Å²) < 4.78 is 0. The highest BCUT2D eigenvalue weighted by molar-refractivity contribution is 5.90. The molecule has 6 heteroatoms. The summed E-state index contributed by atoms with van der Waals surface area (Å²) in [7, 11) is 0. The molecule has 0 saturated heterocycles. The number of benzene rings is 1. The number of aromatic nitrogens is 2.